The molecule has 0 bridgehead atoms. The number of carbonyl (C=O) groups excluding carboxylic acids is 1. The Kier molecular flexibility index (Phi) is 5.27. The molecular weight excluding hydrogens is 378 g/mol. The van der Waals surface area contributed by atoms with E-state index >= 15 is 0 Å². The van der Waals surface area contributed by atoms with E-state index in [1.54, 1.807) is 11.8 Å². The lowest BCUT2D eigenvalue weighted by Crippen LogP contribution is -2.31. The van der Waals surface area contributed by atoms with Gasteiger partial charge in [0.25, 0.3) is 5.91 Å². The predicted molar refractivity (Wildman–Crippen MR) is 117 cm³/mol. The van der Waals surface area contributed by atoms with Gasteiger partial charge >= 0.3 is 0 Å². The van der Waals surface area contributed by atoms with Crippen LogP contribution in [0.2, 0.25) is 0 Å². The molecule has 0 unspecified atom stereocenters. The summed E-state index contributed by atoms with van der Waals surface area (Å²) in [7, 11) is 1.58. The maximum absolute atomic E-state index is 13.4. The number of para-hydroxylation sites is 2. The van der Waals surface area contributed by atoms with E-state index in [0.717, 1.165) is 11.3 Å². The lowest BCUT2D eigenvalue weighted by atomic mass is 9.92. The normalized spacial score (nSPS) is 15.6. The third-order valence-corrected chi connectivity index (χ3v) is 5.31. The molecule has 2 heterocycles. The van der Waals surface area contributed by atoms with Gasteiger partial charge in [0.15, 0.2) is 0 Å². The molecule has 0 fully saturated rings. The molecular formula is C23H25N5O2. The molecule has 1 aromatic heterocycles. The number of nitrogens with zero attached hydrogens (tertiary/aromatic N) is 3. The highest BCUT2D eigenvalue weighted by atomic mass is 16.5. The maximum atomic E-state index is 13.4. The highest BCUT2D eigenvalue weighted by molar-refractivity contribution is 6.06. The molecule has 4 rings (SSSR count). The summed E-state index contributed by atoms with van der Waals surface area (Å²) < 4.78 is 7.12. The summed E-state index contributed by atoms with van der Waals surface area (Å²) in [5.74, 6) is 1.43. The van der Waals surface area contributed by atoms with E-state index in [1.165, 1.54) is 11.9 Å². The first-order chi connectivity index (χ1) is 14.5. The van der Waals surface area contributed by atoms with Gasteiger partial charge in [-0.15, -0.1) is 0 Å². The van der Waals surface area contributed by atoms with E-state index in [0.29, 0.717) is 28.9 Å². The fourth-order valence-corrected chi connectivity index (χ4v) is 3.69. The number of benzene rings is 2. The quantitative estimate of drug-likeness (QED) is 0.662. The summed E-state index contributed by atoms with van der Waals surface area (Å²) in [5, 5.41) is 10.6. The van der Waals surface area contributed by atoms with Gasteiger partial charge in [-0.05, 0) is 36.1 Å². The summed E-state index contributed by atoms with van der Waals surface area (Å²) in [6.45, 7) is 6.20. The third kappa shape index (κ3) is 3.54. The average Bonchev–Trinajstić information content (AvgIpc) is 3.21. The number of aromatic nitrogens is 3. The van der Waals surface area contributed by atoms with Crippen molar-refractivity contribution in [3.8, 4) is 5.75 Å². The van der Waals surface area contributed by atoms with Crippen LogP contribution in [0, 0.1) is 0 Å². The van der Waals surface area contributed by atoms with E-state index in [2.05, 4.69) is 58.8 Å². The third-order valence-electron chi connectivity index (χ3n) is 5.31. The monoisotopic (exact) mass is 403 g/mol. The van der Waals surface area contributed by atoms with Crippen molar-refractivity contribution in [2.24, 2.45) is 0 Å². The SMILES string of the molecule is COc1ccccc1NC(=O)C1=C(C)Nc2ncnn2[C@@H]1c1ccc(C(C)C)cc1. The van der Waals surface area contributed by atoms with Crippen LogP contribution >= 0.6 is 0 Å². The van der Waals surface area contributed by atoms with Gasteiger partial charge < -0.3 is 15.4 Å². The Morgan fingerprint density at radius 2 is 1.90 bits per heavy atom. The van der Waals surface area contributed by atoms with Gasteiger partial charge in [-0.2, -0.15) is 10.1 Å². The Balaban J connectivity index is 1.75. The second-order valence-corrected chi connectivity index (χ2v) is 7.57. The standard InChI is InChI=1S/C23H25N5O2/c1-14(2)16-9-11-17(12-10-16)21-20(15(3)26-23-24-13-25-28(21)23)22(29)27-18-7-5-6-8-19(18)30-4/h5-14,21H,1-4H3,(H,27,29)(H,24,25,26)/t21-/m1/s1. The van der Waals surface area contributed by atoms with Crippen molar-refractivity contribution in [3.05, 3.63) is 77.3 Å². The molecule has 0 saturated heterocycles. The van der Waals surface area contributed by atoms with Crippen LogP contribution in [0.15, 0.2) is 66.1 Å². The molecule has 0 saturated carbocycles. The number of anilines is 2. The van der Waals surface area contributed by atoms with E-state index in [1.807, 2.05) is 31.2 Å². The number of methoxy groups -OCH3 is 1. The Hall–Kier alpha value is -3.61. The van der Waals surface area contributed by atoms with Crippen LogP contribution in [0.5, 0.6) is 5.75 Å². The number of nitrogens with one attached hydrogen (secondary N) is 2. The fourth-order valence-electron chi connectivity index (χ4n) is 3.69. The number of allylic oxidation sites excluding steroid dienone is 1. The zero-order chi connectivity index (χ0) is 21.3. The largest absolute Gasteiger partial charge is 0.495 e. The Labute approximate surface area is 175 Å². The zero-order valence-electron chi connectivity index (χ0n) is 17.5. The highest BCUT2D eigenvalue weighted by Crippen LogP contribution is 2.36. The summed E-state index contributed by atoms with van der Waals surface area (Å²) in [6.07, 6.45) is 1.49. The first-order valence-corrected chi connectivity index (χ1v) is 9.91. The topological polar surface area (TPSA) is 81.1 Å². The molecule has 30 heavy (non-hydrogen) atoms. The molecule has 2 aromatic carbocycles. The van der Waals surface area contributed by atoms with Crippen molar-refractivity contribution in [3.63, 3.8) is 0 Å². The van der Waals surface area contributed by atoms with Gasteiger partial charge in [0.2, 0.25) is 5.95 Å². The molecule has 1 aliphatic rings. The van der Waals surface area contributed by atoms with Crippen LogP contribution in [0.4, 0.5) is 11.6 Å². The number of hydrogen-bond donors (Lipinski definition) is 2. The number of fused-ring (bicyclic) bond motifs is 1. The Bertz CT molecular complexity index is 1100. The van der Waals surface area contributed by atoms with E-state index in [-0.39, 0.29) is 11.9 Å². The number of carbonyl (C=O) groups is 1. The van der Waals surface area contributed by atoms with Crippen LogP contribution in [0.3, 0.4) is 0 Å². The van der Waals surface area contributed by atoms with Crippen molar-refractivity contribution in [2.45, 2.75) is 32.7 Å². The lowest BCUT2D eigenvalue weighted by molar-refractivity contribution is -0.113. The minimum atomic E-state index is -0.389. The number of amides is 1. The molecule has 1 atom stereocenters. The van der Waals surface area contributed by atoms with Crippen LogP contribution in [0.25, 0.3) is 0 Å². The van der Waals surface area contributed by atoms with Crippen LogP contribution in [-0.2, 0) is 4.79 Å². The van der Waals surface area contributed by atoms with E-state index < -0.39 is 0 Å². The molecule has 3 aromatic rings. The van der Waals surface area contributed by atoms with Crippen molar-refractivity contribution in [2.75, 3.05) is 17.7 Å². The van der Waals surface area contributed by atoms with Crippen molar-refractivity contribution < 1.29 is 9.53 Å². The van der Waals surface area contributed by atoms with Gasteiger partial charge in [0.05, 0.1) is 18.4 Å². The van der Waals surface area contributed by atoms with Crippen molar-refractivity contribution in [1.29, 1.82) is 0 Å². The summed E-state index contributed by atoms with van der Waals surface area (Å²) in [6, 6.07) is 15.3. The molecule has 2 N–H and O–H groups in total. The summed E-state index contributed by atoms with van der Waals surface area (Å²) in [5.41, 5.74) is 4.14. The van der Waals surface area contributed by atoms with Crippen molar-refractivity contribution >= 4 is 17.5 Å². The fraction of sp³-hybridized carbons (Fsp3) is 0.261. The number of hydrogen-bond acceptors (Lipinski definition) is 5. The van der Waals surface area contributed by atoms with Crippen LogP contribution in [0.1, 0.15) is 43.9 Å². The molecule has 1 amide bonds. The zero-order valence-corrected chi connectivity index (χ0v) is 17.5. The molecule has 0 radical (unpaired) electrons. The molecule has 154 valence electrons. The second kappa shape index (κ2) is 8.02. The molecule has 0 aliphatic carbocycles. The number of ether oxygens (including phenoxy) is 1. The first kappa shape index (κ1) is 19.7. The summed E-state index contributed by atoms with van der Waals surface area (Å²) in [4.78, 5) is 17.7. The number of rotatable bonds is 5. The lowest BCUT2D eigenvalue weighted by Gasteiger charge is -2.29. The van der Waals surface area contributed by atoms with Crippen LogP contribution in [-0.4, -0.2) is 27.8 Å². The Morgan fingerprint density at radius 3 is 2.60 bits per heavy atom. The molecule has 7 heteroatoms. The summed E-state index contributed by atoms with van der Waals surface area (Å²) >= 11 is 0. The second-order valence-electron chi connectivity index (χ2n) is 7.57. The first-order valence-electron chi connectivity index (χ1n) is 9.91. The highest BCUT2D eigenvalue weighted by Gasteiger charge is 2.33. The van der Waals surface area contributed by atoms with Gasteiger partial charge in [-0.3, -0.25) is 4.79 Å². The van der Waals surface area contributed by atoms with E-state index in [9.17, 15) is 4.79 Å². The molecule has 1 aliphatic heterocycles. The Morgan fingerprint density at radius 1 is 1.17 bits per heavy atom. The van der Waals surface area contributed by atoms with Gasteiger partial charge in [-0.1, -0.05) is 50.2 Å². The van der Waals surface area contributed by atoms with Crippen LogP contribution < -0.4 is 15.4 Å². The van der Waals surface area contributed by atoms with Gasteiger partial charge in [0, 0.05) is 5.70 Å². The average molecular weight is 403 g/mol. The predicted octanol–water partition coefficient (Wildman–Crippen LogP) is 4.34. The van der Waals surface area contributed by atoms with E-state index in [4.69, 9.17) is 4.74 Å². The van der Waals surface area contributed by atoms with Crippen molar-refractivity contribution in [1.82, 2.24) is 14.8 Å². The minimum Gasteiger partial charge on any atom is -0.495 e. The smallest absolute Gasteiger partial charge is 0.255 e. The molecule has 7 nitrogen and oxygen atoms in total. The molecule has 0 spiro atoms. The van der Waals surface area contributed by atoms with Gasteiger partial charge in [0.1, 0.15) is 18.1 Å². The minimum absolute atomic E-state index is 0.219. The maximum Gasteiger partial charge on any atom is 0.255 e. The van der Waals surface area contributed by atoms with Gasteiger partial charge in [-0.25, -0.2) is 4.68 Å².